The summed E-state index contributed by atoms with van der Waals surface area (Å²) >= 11 is 6.09. The molecule has 0 aromatic heterocycles. The highest BCUT2D eigenvalue weighted by molar-refractivity contribution is 6.31. The Balaban J connectivity index is 2.01. The van der Waals surface area contributed by atoms with Crippen LogP contribution in [0.2, 0.25) is 5.02 Å². The first-order valence-electron chi connectivity index (χ1n) is 7.16. The van der Waals surface area contributed by atoms with Crippen molar-refractivity contribution in [2.45, 2.75) is 39.2 Å². The average molecular weight is 309 g/mol. The first kappa shape index (κ1) is 15.8. The van der Waals surface area contributed by atoms with E-state index in [1.807, 2.05) is 25.1 Å². The minimum Gasteiger partial charge on any atom is -0.352 e. The van der Waals surface area contributed by atoms with E-state index in [-0.39, 0.29) is 11.8 Å². The topological polar surface area (TPSA) is 49.4 Å². The molecular formula is C16H21ClN2O2. The molecule has 0 saturated carbocycles. The van der Waals surface area contributed by atoms with Crippen molar-refractivity contribution >= 4 is 23.4 Å². The Labute approximate surface area is 130 Å². The summed E-state index contributed by atoms with van der Waals surface area (Å²) in [5, 5.41) is 3.51. The van der Waals surface area contributed by atoms with Gasteiger partial charge < -0.3 is 10.2 Å². The fourth-order valence-electron chi connectivity index (χ4n) is 2.51. The molecule has 1 N–H and O–H groups in total. The highest BCUT2D eigenvalue weighted by Gasteiger charge is 2.39. The third-order valence-corrected chi connectivity index (χ3v) is 4.42. The van der Waals surface area contributed by atoms with Gasteiger partial charge in [0.2, 0.25) is 11.8 Å². The molecule has 0 unspecified atom stereocenters. The highest BCUT2D eigenvalue weighted by Crippen LogP contribution is 2.21. The van der Waals surface area contributed by atoms with Crippen molar-refractivity contribution in [3.63, 3.8) is 0 Å². The molecular weight excluding hydrogens is 288 g/mol. The van der Waals surface area contributed by atoms with E-state index < -0.39 is 5.54 Å². The van der Waals surface area contributed by atoms with Gasteiger partial charge in [0.05, 0.1) is 0 Å². The van der Waals surface area contributed by atoms with E-state index in [2.05, 4.69) is 5.32 Å². The van der Waals surface area contributed by atoms with E-state index in [0.29, 0.717) is 25.9 Å². The van der Waals surface area contributed by atoms with Gasteiger partial charge in [0.15, 0.2) is 0 Å². The molecule has 4 nitrogen and oxygen atoms in total. The van der Waals surface area contributed by atoms with Crippen LogP contribution in [0.1, 0.15) is 31.4 Å². The number of aryl methyl sites for hydroxylation is 2. The van der Waals surface area contributed by atoms with Gasteiger partial charge in [-0.05, 0) is 44.4 Å². The fraction of sp³-hybridized carbons (Fsp3) is 0.500. The Morgan fingerprint density at radius 1 is 1.43 bits per heavy atom. The monoisotopic (exact) mass is 308 g/mol. The lowest BCUT2D eigenvalue weighted by Gasteiger charge is -2.41. The van der Waals surface area contributed by atoms with Crippen LogP contribution in [0, 0.1) is 6.92 Å². The average Bonchev–Trinajstić information content (AvgIpc) is 2.43. The minimum absolute atomic E-state index is 0.00606. The van der Waals surface area contributed by atoms with Crippen molar-refractivity contribution in [1.82, 2.24) is 10.2 Å². The van der Waals surface area contributed by atoms with E-state index in [0.717, 1.165) is 16.1 Å². The normalized spacial score (nSPS) is 17.5. The number of hydrogen-bond donors (Lipinski definition) is 1. The van der Waals surface area contributed by atoms with Gasteiger partial charge in [-0.15, -0.1) is 0 Å². The molecule has 21 heavy (non-hydrogen) atoms. The summed E-state index contributed by atoms with van der Waals surface area (Å²) in [6, 6.07) is 5.85. The third-order valence-electron chi connectivity index (χ3n) is 4.02. The van der Waals surface area contributed by atoms with Crippen LogP contribution in [0.3, 0.4) is 0 Å². The summed E-state index contributed by atoms with van der Waals surface area (Å²) in [5.41, 5.74) is 1.29. The number of carbonyl (C=O) groups excluding carboxylic acids is 2. The first-order valence-corrected chi connectivity index (χ1v) is 7.54. The van der Waals surface area contributed by atoms with Crippen molar-refractivity contribution < 1.29 is 9.59 Å². The lowest BCUT2D eigenvalue weighted by atomic mass is 9.97. The number of rotatable bonds is 3. The van der Waals surface area contributed by atoms with Crippen LogP contribution in [0.5, 0.6) is 0 Å². The second-order valence-corrected chi connectivity index (χ2v) is 6.35. The maximum Gasteiger partial charge on any atom is 0.245 e. The summed E-state index contributed by atoms with van der Waals surface area (Å²) in [7, 11) is 0. The predicted octanol–water partition coefficient (Wildman–Crippen LogP) is 2.32. The molecule has 1 aliphatic heterocycles. The number of nitrogens with zero attached hydrogens (tertiary/aromatic N) is 1. The van der Waals surface area contributed by atoms with Crippen LogP contribution < -0.4 is 5.32 Å². The zero-order valence-corrected chi connectivity index (χ0v) is 13.5. The van der Waals surface area contributed by atoms with Crippen molar-refractivity contribution in [2.24, 2.45) is 0 Å². The Morgan fingerprint density at radius 3 is 2.81 bits per heavy atom. The Morgan fingerprint density at radius 2 is 2.14 bits per heavy atom. The Bertz CT molecular complexity index is 569. The molecule has 1 heterocycles. The van der Waals surface area contributed by atoms with E-state index in [4.69, 9.17) is 11.6 Å². The van der Waals surface area contributed by atoms with Crippen molar-refractivity contribution in [3.05, 3.63) is 34.3 Å². The summed E-state index contributed by atoms with van der Waals surface area (Å²) in [5.74, 6) is -0.0907. The number of amides is 2. The first-order chi connectivity index (χ1) is 9.82. The molecule has 1 aliphatic rings. The lowest BCUT2D eigenvalue weighted by Crippen LogP contribution is -2.63. The van der Waals surface area contributed by atoms with Gasteiger partial charge in [0, 0.05) is 24.5 Å². The van der Waals surface area contributed by atoms with Crippen LogP contribution >= 0.6 is 11.6 Å². The minimum atomic E-state index is -0.778. The maximum atomic E-state index is 12.4. The van der Waals surface area contributed by atoms with Crippen LogP contribution in [0.25, 0.3) is 0 Å². The van der Waals surface area contributed by atoms with Gasteiger partial charge in [-0.3, -0.25) is 9.59 Å². The number of benzene rings is 1. The smallest absolute Gasteiger partial charge is 0.245 e. The van der Waals surface area contributed by atoms with Crippen molar-refractivity contribution in [3.8, 4) is 0 Å². The van der Waals surface area contributed by atoms with Gasteiger partial charge in [-0.1, -0.05) is 23.7 Å². The van der Waals surface area contributed by atoms with Crippen molar-refractivity contribution in [1.29, 1.82) is 0 Å². The van der Waals surface area contributed by atoms with Gasteiger partial charge in [-0.25, -0.2) is 0 Å². The molecule has 0 bridgehead atoms. The zero-order valence-electron chi connectivity index (χ0n) is 12.7. The largest absolute Gasteiger partial charge is 0.352 e. The highest BCUT2D eigenvalue weighted by atomic mass is 35.5. The second kappa shape index (κ2) is 6.06. The van der Waals surface area contributed by atoms with Crippen molar-refractivity contribution in [2.75, 3.05) is 13.1 Å². The molecule has 1 fully saturated rings. The summed E-state index contributed by atoms with van der Waals surface area (Å²) in [4.78, 5) is 25.9. The molecule has 0 aliphatic carbocycles. The molecule has 5 heteroatoms. The Kier molecular flexibility index (Phi) is 4.57. The number of halogens is 1. The SMILES string of the molecule is Cc1ccc(CCC(=O)N2CCNC(=O)C2(C)C)cc1Cl. The third kappa shape index (κ3) is 3.38. The van der Waals surface area contributed by atoms with Crippen LogP contribution in [0.4, 0.5) is 0 Å². The second-order valence-electron chi connectivity index (χ2n) is 5.94. The number of carbonyl (C=O) groups is 2. The molecule has 2 rings (SSSR count). The van der Waals surface area contributed by atoms with Gasteiger partial charge in [0.1, 0.15) is 5.54 Å². The predicted molar refractivity (Wildman–Crippen MR) is 83.3 cm³/mol. The van der Waals surface area contributed by atoms with Crippen LogP contribution in [0.15, 0.2) is 18.2 Å². The molecule has 2 amide bonds. The van der Waals surface area contributed by atoms with Gasteiger partial charge in [-0.2, -0.15) is 0 Å². The molecule has 0 spiro atoms. The molecule has 1 aromatic carbocycles. The standard InChI is InChI=1S/C16H21ClN2O2/c1-11-4-5-12(10-13(11)17)6-7-14(20)19-9-8-18-15(21)16(19,2)3/h4-5,10H,6-9H2,1-3H3,(H,18,21). The number of piperazine rings is 1. The number of nitrogens with one attached hydrogen (secondary N) is 1. The lowest BCUT2D eigenvalue weighted by molar-refractivity contribution is -0.149. The molecule has 0 atom stereocenters. The Hall–Kier alpha value is -1.55. The van der Waals surface area contributed by atoms with Crippen LogP contribution in [-0.4, -0.2) is 35.3 Å². The summed E-state index contributed by atoms with van der Waals surface area (Å²) < 4.78 is 0. The fourth-order valence-corrected chi connectivity index (χ4v) is 2.72. The van der Waals surface area contributed by atoms with Gasteiger partial charge >= 0.3 is 0 Å². The summed E-state index contributed by atoms with van der Waals surface area (Å²) in [6.45, 7) is 6.59. The van der Waals surface area contributed by atoms with Gasteiger partial charge in [0.25, 0.3) is 0 Å². The van der Waals surface area contributed by atoms with E-state index in [1.54, 1.807) is 18.7 Å². The quantitative estimate of drug-likeness (QED) is 0.931. The van der Waals surface area contributed by atoms with E-state index >= 15 is 0 Å². The molecule has 1 saturated heterocycles. The molecule has 114 valence electrons. The summed E-state index contributed by atoms with van der Waals surface area (Å²) in [6.07, 6.45) is 1.02. The molecule has 1 aromatic rings. The zero-order chi connectivity index (χ0) is 15.6. The molecule has 0 radical (unpaired) electrons. The van der Waals surface area contributed by atoms with E-state index in [9.17, 15) is 9.59 Å². The van der Waals surface area contributed by atoms with Crippen LogP contribution in [-0.2, 0) is 16.0 Å². The number of hydrogen-bond acceptors (Lipinski definition) is 2. The van der Waals surface area contributed by atoms with E-state index in [1.165, 1.54) is 0 Å². The maximum absolute atomic E-state index is 12.4.